The minimum atomic E-state index is -3.65. The first-order valence-electron chi connectivity index (χ1n) is 11.7. The molecule has 2 aromatic carbocycles. The number of hydrogen-bond donors (Lipinski definition) is 1. The Balaban J connectivity index is 1.16. The molecule has 1 N–H and O–H groups in total. The molecule has 0 amide bonds. The Hall–Kier alpha value is -2.99. The van der Waals surface area contributed by atoms with Gasteiger partial charge >= 0.3 is 0 Å². The Kier molecular flexibility index (Phi) is 8.34. The van der Waals surface area contributed by atoms with Gasteiger partial charge in [0.2, 0.25) is 10.0 Å². The van der Waals surface area contributed by atoms with Crippen molar-refractivity contribution in [1.29, 1.82) is 10.5 Å². The van der Waals surface area contributed by atoms with Crippen LogP contribution in [-0.2, 0) is 14.8 Å². The van der Waals surface area contributed by atoms with Crippen molar-refractivity contribution in [2.24, 2.45) is 0 Å². The van der Waals surface area contributed by atoms with Gasteiger partial charge in [0.1, 0.15) is 5.75 Å². The number of rotatable bonds is 10. The molecule has 9 nitrogen and oxygen atoms in total. The minimum Gasteiger partial charge on any atom is -0.494 e. The highest BCUT2D eigenvalue weighted by atomic mass is 32.2. The van der Waals surface area contributed by atoms with E-state index < -0.39 is 10.0 Å². The summed E-state index contributed by atoms with van der Waals surface area (Å²) in [5, 5.41) is 17.9. The van der Waals surface area contributed by atoms with Crippen molar-refractivity contribution >= 4 is 10.0 Å². The molecular formula is C25H29N5O4S. The summed E-state index contributed by atoms with van der Waals surface area (Å²) in [7, 11) is -3.65. The van der Waals surface area contributed by atoms with Crippen LogP contribution in [0.15, 0.2) is 53.4 Å². The molecule has 0 aromatic heterocycles. The van der Waals surface area contributed by atoms with Gasteiger partial charge in [-0.3, -0.25) is 9.80 Å². The third kappa shape index (κ3) is 7.01. The van der Waals surface area contributed by atoms with Gasteiger partial charge in [-0.1, -0.05) is 6.07 Å². The molecule has 2 heterocycles. The highest BCUT2D eigenvalue weighted by Crippen LogP contribution is 2.19. The lowest BCUT2D eigenvalue weighted by Crippen LogP contribution is -2.60. The predicted octanol–water partition coefficient (Wildman–Crippen LogP) is 1.56. The first kappa shape index (κ1) is 25.1. The summed E-state index contributed by atoms with van der Waals surface area (Å²) < 4.78 is 39.6. The Labute approximate surface area is 206 Å². The number of hydrogen-bond acceptors (Lipinski definition) is 8. The SMILES string of the molecule is N#Cc1ccc(OCCCN2CC3CN(CCNS(=O)(=O)c4cccc(C#N)c4)CC(C2)O3)cc1. The van der Waals surface area contributed by atoms with Crippen molar-refractivity contribution in [3.8, 4) is 17.9 Å². The van der Waals surface area contributed by atoms with E-state index in [4.69, 9.17) is 20.0 Å². The van der Waals surface area contributed by atoms with Crippen molar-refractivity contribution in [1.82, 2.24) is 14.5 Å². The maximum atomic E-state index is 12.5. The number of fused-ring (bicyclic) bond motifs is 2. The highest BCUT2D eigenvalue weighted by molar-refractivity contribution is 7.89. The number of morpholine rings is 2. The third-order valence-electron chi connectivity index (χ3n) is 6.10. The lowest BCUT2D eigenvalue weighted by atomic mass is 10.1. The number of benzene rings is 2. The first-order chi connectivity index (χ1) is 16.9. The maximum absolute atomic E-state index is 12.5. The molecule has 2 atom stereocenters. The smallest absolute Gasteiger partial charge is 0.240 e. The average Bonchev–Trinajstić information content (AvgIpc) is 2.86. The Bertz CT molecular complexity index is 1180. The van der Waals surface area contributed by atoms with Crippen LogP contribution in [0, 0.1) is 22.7 Å². The lowest BCUT2D eigenvalue weighted by Gasteiger charge is -2.45. The molecule has 0 saturated carbocycles. The summed E-state index contributed by atoms with van der Waals surface area (Å²) in [5.74, 6) is 0.770. The van der Waals surface area contributed by atoms with Crippen molar-refractivity contribution < 1.29 is 17.9 Å². The van der Waals surface area contributed by atoms with E-state index in [1.165, 1.54) is 12.1 Å². The third-order valence-corrected chi connectivity index (χ3v) is 7.56. The van der Waals surface area contributed by atoms with Gasteiger partial charge in [0.25, 0.3) is 0 Å². The van der Waals surface area contributed by atoms with E-state index in [9.17, 15) is 8.42 Å². The molecule has 184 valence electrons. The van der Waals surface area contributed by atoms with E-state index in [1.54, 1.807) is 24.3 Å². The molecule has 35 heavy (non-hydrogen) atoms. The van der Waals surface area contributed by atoms with Crippen LogP contribution >= 0.6 is 0 Å². The van der Waals surface area contributed by atoms with Crippen LogP contribution in [-0.4, -0.2) is 82.8 Å². The van der Waals surface area contributed by atoms with Crippen LogP contribution < -0.4 is 9.46 Å². The summed E-state index contributed by atoms with van der Waals surface area (Å²) in [5.41, 5.74) is 0.938. The van der Waals surface area contributed by atoms with Crippen molar-refractivity contribution in [3.63, 3.8) is 0 Å². The van der Waals surface area contributed by atoms with Crippen LogP contribution in [0.5, 0.6) is 5.75 Å². The molecule has 2 aromatic rings. The Morgan fingerprint density at radius 2 is 1.60 bits per heavy atom. The fraction of sp³-hybridized carbons (Fsp3) is 0.440. The van der Waals surface area contributed by atoms with Crippen molar-refractivity contribution in [2.45, 2.75) is 23.5 Å². The van der Waals surface area contributed by atoms with E-state index in [-0.39, 0.29) is 17.1 Å². The van der Waals surface area contributed by atoms with Gasteiger partial charge in [-0.25, -0.2) is 13.1 Å². The highest BCUT2D eigenvalue weighted by Gasteiger charge is 2.34. The molecule has 2 aliphatic rings. The van der Waals surface area contributed by atoms with Crippen LogP contribution in [0.2, 0.25) is 0 Å². The molecule has 2 aliphatic heterocycles. The molecule has 2 unspecified atom stereocenters. The first-order valence-corrected chi connectivity index (χ1v) is 13.2. The van der Waals surface area contributed by atoms with Crippen molar-refractivity contribution in [2.75, 3.05) is 52.4 Å². The molecule has 2 saturated heterocycles. The van der Waals surface area contributed by atoms with E-state index in [1.807, 2.05) is 18.2 Å². The van der Waals surface area contributed by atoms with E-state index in [0.29, 0.717) is 30.8 Å². The monoisotopic (exact) mass is 495 g/mol. The van der Waals surface area contributed by atoms with Gasteiger partial charge in [-0.15, -0.1) is 0 Å². The van der Waals surface area contributed by atoms with Gasteiger partial charge in [-0.2, -0.15) is 10.5 Å². The summed E-state index contributed by atoms with van der Waals surface area (Å²) in [6.07, 6.45) is 1.11. The van der Waals surface area contributed by atoms with Crippen LogP contribution in [0.25, 0.3) is 0 Å². The topological polar surface area (TPSA) is 119 Å². The second kappa shape index (κ2) is 11.6. The molecule has 0 radical (unpaired) electrons. The second-order valence-corrected chi connectivity index (χ2v) is 10.5. The molecule has 0 aliphatic carbocycles. The Morgan fingerprint density at radius 3 is 2.26 bits per heavy atom. The molecule has 2 bridgehead atoms. The summed E-state index contributed by atoms with van der Waals surface area (Å²) in [6, 6.07) is 17.2. The second-order valence-electron chi connectivity index (χ2n) is 8.77. The number of nitrogens with one attached hydrogen (secondary N) is 1. The zero-order valence-corrected chi connectivity index (χ0v) is 20.3. The number of nitriles is 2. The van der Waals surface area contributed by atoms with Gasteiger partial charge < -0.3 is 9.47 Å². The normalized spacial score (nSPS) is 20.6. The fourth-order valence-electron chi connectivity index (χ4n) is 4.48. The van der Waals surface area contributed by atoms with E-state index in [0.717, 1.165) is 44.9 Å². The Morgan fingerprint density at radius 1 is 0.943 bits per heavy atom. The van der Waals surface area contributed by atoms with Crippen LogP contribution in [0.1, 0.15) is 17.5 Å². The van der Waals surface area contributed by atoms with Gasteiger partial charge in [0, 0.05) is 45.8 Å². The zero-order chi connectivity index (χ0) is 24.7. The zero-order valence-electron chi connectivity index (χ0n) is 19.5. The predicted molar refractivity (Wildman–Crippen MR) is 129 cm³/mol. The standard InChI is InChI=1S/C25H29N5O4S/c26-14-20-5-7-22(8-6-20)33-12-2-10-29-16-23-18-30(19-24(17-29)34-23)11-9-28-35(31,32)25-4-1-3-21(13-25)15-27/h1,3-8,13,23-24,28H,2,9-12,16-19H2. The average molecular weight is 496 g/mol. The van der Waals surface area contributed by atoms with E-state index in [2.05, 4.69) is 20.6 Å². The molecule has 4 rings (SSSR count). The fourth-order valence-corrected chi connectivity index (χ4v) is 5.55. The maximum Gasteiger partial charge on any atom is 0.240 e. The van der Waals surface area contributed by atoms with Gasteiger partial charge in [0.15, 0.2) is 0 Å². The number of sulfonamides is 1. The minimum absolute atomic E-state index is 0.103. The molecule has 0 spiro atoms. The van der Waals surface area contributed by atoms with Gasteiger partial charge in [0.05, 0.1) is 47.0 Å². The van der Waals surface area contributed by atoms with E-state index >= 15 is 0 Å². The summed E-state index contributed by atoms with van der Waals surface area (Å²) >= 11 is 0. The van der Waals surface area contributed by atoms with Gasteiger partial charge in [-0.05, 0) is 48.9 Å². The van der Waals surface area contributed by atoms with Crippen molar-refractivity contribution in [3.05, 3.63) is 59.7 Å². The number of ether oxygens (including phenoxy) is 2. The molecule has 10 heteroatoms. The van der Waals surface area contributed by atoms with Crippen LogP contribution in [0.3, 0.4) is 0 Å². The summed E-state index contributed by atoms with van der Waals surface area (Å²) in [6.45, 7) is 5.66. The molecule has 2 fully saturated rings. The molecular weight excluding hydrogens is 466 g/mol. The lowest BCUT2D eigenvalue weighted by molar-refractivity contribution is -0.138. The number of nitrogens with zero attached hydrogens (tertiary/aromatic N) is 4. The summed E-state index contributed by atoms with van der Waals surface area (Å²) in [4.78, 5) is 4.76. The quantitative estimate of drug-likeness (QED) is 0.494. The largest absolute Gasteiger partial charge is 0.494 e. The van der Waals surface area contributed by atoms with Crippen LogP contribution in [0.4, 0.5) is 0 Å².